The summed E-state index contributed by atoms with van der Waals surface area (Å²) in [4.78, 5) is 12.0. The molecule has 1 aromatic rings. The summed E-state index contributed by atoms with van der Waals surface area (Å²) in [5, 5.41) is 2.87. The molecule has 98 valence electrons. The number of rotatable bonds is 4. The van der Waals surface area contributed by atoms with Crippen molar-refractivity contribution in [1.29, 1.82) is 0 Å². The molecule has 2 rings (SSSR count). The number of fused-ring (bicyclic) bond motifs is 1. The van der Waals surface area contributed by atoms with Crippen LogP contribution >= 0.6 is 0 Å². The van der Waals surface area contributed by atoms with Crippen molar-refractivity contribution in [2.24, 2.45) is 5.92 Å². The van der Waals surface area contributed by atoms with Gasteiger partial charge in [-0.1, -0.05) is 20.3 Å². The van der Waals surface area contributed by atoms with Crippen LogP contribution in [-0.2, 0) is 0 Å². The van der Waals surface area contributed by atoms with Crippen LogP contribution in [-0.4, -0.2) is 19.2 Å². The van der Waals surface area contributed by atoms with Gasteiger partial charge in [-0.3, -0.25) is 4.79 Å². The molecule has 0 saturated carbocycles. The number of amides is 1. The highest BCUT2D eigenvalue weighted by Gasteiger charge is 2.19. The number of benzene rings is 1. The number of ether oxygens (including phenoxy) is 2. The van der Waals surface area contributed by atoms with Crippen molar-refractivity contribution in [3.05, 3.63) is 17.7 Å². The fourth-order valence-electron chi connectivity index (χ4n) is 1.66. The van der Waals surface area contributed by atoms with Crippen LogP contribution in [0.15, 0.2) is 12.1 Å². The van der Waals surface area contributed by atoms with Gasteiger partial charge in [0.1, 0.15) is 0 Å². The Morgan fingerprint density at radius 2 is 2.11 bits per heavy atom. The number of nitrogens with one attached hydrogen (secondary N) is 1. The van der Waals surface area contributed by atoms with Crippen LogP contribution in [0.2, 0.25) is 0 Å². The maximum atomic E-state index is 12.0. The quantitative estimate of drug-likeness (QED) is 0.799. The van der Waals surface area contributed by atoms with Crippen molar-refractivity contribution in [3.8, 4) is 11.5 Å². The number of carbonyl (C=O) groups is 1. The van der Waals surface area contributed by atoms with Crippen LogP contribution in [0.25, 0.3) is 0 Å². The minimum atomic E-state index is -0.175. The van der Waals surface area contributed by atoms with E-state index in [4.69, 9.17) is 15.2 Å². The van der Waals surface area contributed by atoms with E-state index in [9.17, 15) is 4.79 Å². The van der Waals surface area contributed by atoms with Crippen LogP contribution in [0.3, 0.4) is 0 Å². The number of nitrogens with two attached hydrogens (primary N) is 1. The summed E-state index contributed by atoms with van der Waals surface area (Å²) in [6.07, 6.45) is 1.02. The van der Waals surface area contributed by atoms with E-state index in [1.54, 1.807) is 12.1 Å². The Morgan fingerprint density at radius 1 is 1.44 bits per heavy atom. The SMILES string of the molecule is CCC(C)CNC(=O)c1cc2c(cc1N)OCO2. The molecule has 1 aliphatic heterocycles. The first-order chi connectivity index (χ1) is 8.61. The first-order valence-electron chi connectivity index (χ1n) is 6.09. The van der Waals surface area contributed by atoms with Gasteiger partial charge in [0.05, 0.1) is 5.56 Å². The van der Waals surface area contributed by atoms with Gasteiger partial charge in [0.25, 0.3) is 5.91 Å². The zero-order valence-corrected chi connectivity index (χ0v) is 10.7. The summed E-state index contributed by atoms with van der Waals surface area (Å²) in [7, 11) is 0. The molecule has 18 heavy (non-hydrogen) atoms. The molecule has 0 aromatic heterocycles. The Balaban J connectivity index is 2.11. The number of hydrogen-bond acceptors (Lipinski definition) is 4. The van der Waals surface area contributed by atoms with Crippen molar-refractivity contribution < 1.29 is 14.3 Å². The van der Waals surface area contributed by atoms with E-state index in [1.165, 1.54) is 0 Å². The fourth-order valence-corrected chi connectivity index (χ4v) is 1.66. The predicted octanol–water partition coefficient (Wildman–Crippen LogP) is 1.77. The summed E-state index contributed by atoms with van der Waals surface area (Å²) in [6.45, 7) is 4.99. The molecule has 0 radical (unpaired) electrons. The lowest BCUT2D eigenvalue weighted by molar-refractivity contribution is 0.0948. The van der Waals surface area contributed by atoms with Crippen molar-refractivity contribution in [3.63, 3.8) is 0 Å². The molecule has 3 N–H and O–H groups in total. The second kappa shape index (κ2) is 5.16. The minimum Gasteiger partial charge on any atom is -0.454 e. The summed E-state index contributed by atoms with van der Waals surface area (Å²) < 4.78 is 10.4. The highest BCUT2D eigenvalue weighted by atomic mass is 16.7. The molecule has 5 nitrogen and oxygen atoms in total. The lowest BCUT2D eigenvalue weighted by atomic mass is 10.1. The Labute approximate surface area is 106 Å². The Kier molecular flexibility index (Phi) is 3.60. The standard InChI is InChI=1S/C13H18N2O3/c1-3-8(2)6-15-13(16)9-4-11-12(5-10(9)14)18-7-17-11/h4-5,8H,3,6-7,14H2,1-2H3,(H,15,16). The van der Waals surface area contributed by atoms with E-state index in [2.05, 4.69) is 19.2 Å². The molecule has 5 heteroatoms. The molecule has 1 amide bonds. The zero-order chi connectivity index (χ0) is 13.1. The molecule has 1 heterocycles. The monoisotopic (exact) mass is 250 g/mol. The molecule has 0 saturated heterocycles. The topological polar surface area (TPSA) is 73.6 Å². The van der Waals surface area contributed by atoms with Crippen LogP contribution < -0.4 is 20.5 Å². The number of hydrogen-bond donors (Lipinski definition) is 2. The molecule has 0 spiro atoms. The maximum absolute atomic E-state index is 12.0. The van der Waals surface area contributed by atoms with Gasteiger partial charge < -0.3 is 20.5 Å². The minimum absolute atomic E-state index is 0.173. The van der Waals surface area contributed by atoms with Crippen LogP contribution in [0.1, 0.15) is 30.6 Å². The number of anilines is 1. The van der Waals surface area contributed by atoms with Crippen molar-refractivity contribution in [1.82, 2.24) is 5.32 Å². The molecule has 1 aromatic carbocycles. The first-order valence-corrected chi connectivity index (χ1v) is 6.09. The summed E-state index contributed by atoms with van der Waals surface area (Å²) in [5.41, 5.74) is 6.67. The van der Waals surface area contributed by atoms with Gasteiger partial charge in [-0.2, -0.15) is 0 Å². The lowest BCUT2D eigenvalue weighted by Crippen LogP contribution is -2.28. The fraction of sp³-hybridized carbons (Fsp3) is 0.462. The molecule has 1 atom stereocenters. The lowest BCUT2D eigenvalue weighted by Gasteiger charge is -2.11. The third-order valence-corrected chi connectivity index (χ3v) is 3.10. The Bertz CT molecular complexity index is 460. The van der Waals surface area contributed by atoms with Gasteiger partial charge >= 0.3 is 0 Å². The average molecular weight is 250 g/mol. The van der Waals surface area contributed by atoms with Crippen molar-refractivity contribution in [2.45, 2.75) is 20.3 Å². The van der Waals surface area contributed by atoms with E-state index in [-0.39, 0.29) is 12.7 Å². The van der Waals surface area contributed by atoms with Gasteiger partial charge in [-0.05, 0) is 12.0 Å². The molecular weight excluding hydrogens is 232 g/mol. The smallest absolute Gasteiger partial charge is 0.253 e. The third kappa shape index (κ3) is 2.50. The maximum Gasteiger partial charge on any atom is 0.253 e. The molecular formula is C13H18N2O3. The largest absolute Gasteiger partial charge is 0.454 e. The molecule has 0 aliphatic carbocycles. The van der Waals surface area contributed by atoms with E-state index < -0.39 is 0 Å². The van der Waals surface area contributed by atoms with Gasteiger partial charge in [0.15, 0.2) is 11.5 Å². The van der Waals surface area contributed by atoms with Crippen molar-refractivity contribution in [2.75, 3.05) is 19.1 Å². The second-order valence-electron chi connectivity index (χ2n) is 4.52. The van der Waals surface area contributed by atoms with Crippen LogP contribution in [0.5, 0.6) is 11.5 Å². The van der Waals surface area contributed by atoms with Gasteiger partial charge in [0, 0.05) is 18.3 Å². The first kappa shape index (κ1) is 12.5. The molecule has 0 bridgehead atoms. The van der Waals surface area contributed by atoms with E-state index >= 15 is 0 Å². The Hall–Kier alpha value is -1.91. The number of nitrogen functional groups attached to an aromatic ring is 1. The van der Waals surface area contributed by atoms with Gasteiger partial charge in [-0.15, -0.1) is 0 Å². The van der Waals surface area contributed by atoms with Crippen LogP contribution in [0.4, 0.5) is 5.69 Å². The van der Waals surface area contributed by atoms with Gasteiger partial charge in [-0.25, -0.2) is 0 Å². The average Bonchev–Trinajstić information content (AvgIpc) is 2.81. The predicted molar refractivity (Wildman–Crippen MR) is 68.8 cm³/mol. The van der Waals surface area contributed by atoms with E-state index in [0.717, 1.165) is 6.42 Å². The highest BCUT2D eigenvalue weighted by Crippen LogP contribution is 2.35. The van der Waals surface area contributed by atoms with E-state index in [1.807, 2.05) is 0 Å². The second-order valence-corrected chi connectivity index (χ2v) is 4.52. The molecule has 1 unspecified atom stereocenters. The van der Waals surface area contributed by atoms with E-state index in [0.29, 0.717) is 35.2 Å². The molecule has 0 fully saturated rings. The third-order valence-electron chi connectivity index (χ3n) is 3.10. The molecule has 1 aliphatic rings. The van der Waals surface area contributed by atoms with Crippen LogP contribution in [0, 0.1) is 5.92 Å². The number of carbonyl (C=O) groups excluding carboxylic acids is 1. The summed E-state index contributed by atoms with van der Waals surface area (Å²) in [5.74, 6) is 1.43. The van der Waals surface area contributed by atoms with Crippen molar-refractivity contribution >= 4 is 11.6 Å². The highest BCUT2D eigenvalue weighted by molar-refractivity contribution is 6.00. The summed E-state index contributed by atoms with van der Waals surface area (Å²) in [6, 6.07) is 3.25. The normalized spacial score (nSPS) is 14.3. The van der Waals surface area contributed by atoms with Gasteiger partial charge in [0.2, 0.25) is 6.79 Å². The Morgan fingerprint density at radius 3 is 2.78 bits per heavy atom. The summed E-state index contributed by atoms with van der Waals surface area (Å²) >= 11 is 0. The zero-order valence-electron chi connectivity index (χ0n) is 10.7.